The fraction of sp³-hybridized carbons (Fsp3) is 0.286. The Morgan fingerprint density at radius 2 is 2.05 bits per heavy atom. The number of nitrogens with one attached hydrogen (secondary N) is 1. The Labute approximate surface area is 118 Å². The molecule has 0 aliphatic carbocycles. The zero-order chi connectivity index (χ0) is 13.4. The smallest absolute Gasteiger partial charge is 0.169 e. The Hall–Kier alpha value is -1.88. The summed E-state index contributed by atoms with van der Waals surface area (Å²) in [5, 5.41) is 4.13. The fourth-order valence-electron chi connectivity index (χ4n) is 2.61. The lowest BCUT2D eigenvalue weighted by Crippen LogP contribution is -2.25. The number of pyridine rings is 1. The van der Waals surface area contributed by atoms with Gasteiger partial charge in [-0.05, 0) is 36.5 Å². The van der Waals surface area contributed by atoms with E-state index < -0.39 is 0 Å². The van der Waals surface area contributed by atoms with Gasteiger partial charge < -0.3 is 14.8 Å². The average molecular weight is 272 g/mol. The molecule has 2 atom stereocenters. The molecule has 1 aliphatic heterocycles. The number of likely N-dealkylation sites (N-methyl/N-ethyl adjacent to an activating group) is 1. The van der Waals surface area contributed by atoms with Gasteiger partial charge in [-0.3, -0.25) is 4.98 Å². The highest BCUT2D eigenvalue weighted by atomic mass is 32.1. The molecule has 5 heteroatoms. The van der Waals surface area contributed by atoms with Gasteiger partial charge >= 0.3 is 0 Å². The summed E-state index contributed by atoms with van der Waals surface area (Å²) in [4.78, 5) is 6.56. The van der Waals surface area contributed by atoms with Gasteiger partial charge in [-0.25, -0.2) is 0 Å². The van der Waals surface area contributed by atoms with Crippen molar-refractivity contribution in [3.63, 3.8) is 0 Å². The largest absolute Gasteiger partial charge is 0.353 e. The summed E-state index contributed by atoms with van der Waals surface area (Å²) in [6, 6.07) is 10.4. The summed E-state index contributed by atoms with van der Waals surface area (Å²) < 4.78 is 2.13. The van der Waals surface area contributed by atoms with E-state index in [-0.39, 0.29) is 12.1 Å². The van der Waals surface area contributed by atoms with Crippen molar-refractivity contribution >= 4 is 17.3 Å². The maximum atomic E-state index is 5.39. The number of rotatable bonds is 2. The SMILES string of the molecule is CN1C(=S)N[C@@H](c2ccccn2)[C@H]1c1cccn1C. The first kappa shape index (κ1) is 12.2. The third kappa shape index (κ3) is 2.00. The molecule has 0 bridgehead atoms. The van der Waals surface area contributed by atoms with Crippen molar-refractivity contribution in [2.75, 3.05) is 7.05 Å². The van der Waals surface area contributed by atoms with Gasteiger partial charge in [0.1, 0.15) is 0 Å². The molecule has 3 heterocycles. The lowest BCUT2D eigenvalue weighted by molar-refractivity contribution is 0.353. The van der Waals surface area contributed by atoms with Crippen LogP contribution in [0.25, 0.3) is 0 Å². The second kappa shape index (κ2) is 4.66. The van der Waals surface area contributed by atoms with E-state index in [2.05, 4.69) is 45.1 Å². The van der Waals surface area contributed by atoms with Crippen molar-refractivity contribution < 1.29 is 0 Å². The monoisotopic (exact) mass is 272 g/mol. The number of nitrogens with zero attached hydrogens (tertiary/aromatic N) is 3. The van der Waals surface area contributed by atoms with Gasteiger partial charge in [0.15, 0.2) is 5.11 Å². The van der Waals surface area contributed by atoms with Crippen molar-refractivity contribution in [3.8, 4) is 0 Å². The van der Waals surface area contributed by atoms with Gasteiger partial charge in [0, 0.05) is 32.2 Å². The first-order valence-corrected chi connectivity index (χ1v) is 6.65. The molecule has 1 aliphatic rings. The highest BCUT2D eigenvalue weighted by molar-refractivity contribution is 7.80. The molecular weight excluding hydrogens is 256 g/mol. The predicted octanol–water partition coefficient (Wildman–Crippen LogP) is 2.02. The third-order valence-electron chi connectivity index (χ3n) is 3.63. The van der Waals surface area contributed by atoms with Crippen molar-refractivity contribution in [3.05, 3.63) is 54.1 Å². The van der Waals surface area contributed by atoms with Crippen LogP contribution in [-0.4, -0.2) is 26.6 Å². The molecule has 1 saturated heterocycles. The van der Waals surface area contributed by atoms with Crippen LogP contribution in [0, 0.1) is 0 Å². The zero-order valence-corrected chi connectivity index (χ0v) is 11.8. The minimum absolute atomic E-state index is 0.0901. The number of thiocarbonyl (C=S) groups is 1. The molecule has 0 radical (unpaired) electrons. The van der Waals surface area contributed by atoms with Crippen LogP contribution < -0.4 is 5.32 Å². The third-order valence-corrected chi connectivity index (χ3v) is 4.03. The molecule has 19 heavy (non-hydrogen) atoms. The zero-order valence-electron chi connectivity index (χ0n) is 10.9. The van der Waals surface area contributed by atoms with E-state index in [4.69, 9.17) is 12.2 Å². The molecule has 2 aromatic heterocycles. The number of aryl methyl sites for hydroxylation is 1. The lowest BCUT2D eigenvalue weighted by Gasteiger charge is -2.24. The van der Waals surface area contributed by atoms with Crippen LogP contribution in [0.15, 0.2) is 42.7 Å². The van der Waals surface area contributed by atoms with Crippen molar-refractivity contribution in [2.24, 2.45) is 7.05 Å². The quantitative estimate of drug-likeness (QED) is 0.848. The van der Waals surface area contributed by atoms with Crippen LogP contribution >= 0.6 is 12.2 Å². The second-order valence-corrected chi connectivity index (χ2v) is 5.17. The topological polar surface area (TPSA) is 33.1 Å². The van der Waals surface area contributed by atoms with E-state index >= 15 is 0 Å². The summed E-state index contributed by atoms with van der Waals surface area (Å²) in [7, 11) is 4.08. The van der Waals surface area contributed by atoms with Crippen molar-refractivity contribution in [2.45, 2.75) is 12.1 Å². The van der Waals surface area contributed by atoms with Gasteiger partial charge in [0.2, 0.25) is 0 Å². The van der Waals surface area contributed by atoms with Crippen LogP contribution in [0.2, 0.25) is 0 Å². The molecule has 1 N–H and O–H groups in total. The molecule has 0 unspecified atom stereocenters. The molecular formula is C14H16N4S. The highest BCUT2D eigenvalue weighted by Crippen LogP contribution is 2.37. The van der Waals surface area contributed by atoms with Crippen molar-refractivity contribution in [1.29, 1.82) is 0 Å². The molecule has 1 fully saturated rings. The van der Waals surface area contributed by atoms with Crippen molar-refractivity contribution in [1.82, 2.24) is 19.8 Å². The molecule has 0 spiro atoms. The number of hydrogen-bond donors (Lipinski definition) is 1. The molecule has 4 nitrogen and oxygen atoms in total. The summed E-state index contributed by atoms with van der Waals surface area (Å²) in [6.45, 7) is 0. The summed E-state index contributed by atoms with van der Waals surface area (Å²) >= 11 is 5.39. The van der Waals surface area contributed by atoms with Crippen LogP contribution in [0.1, 0.15) is 23.5 Å². The van der Waals surface area contributed by atoms with Crippen LogP contribution in [0.4, 0.5) is 0 Å². The normalized spacial score (nSPS) is 22.6. The van der Waals surface area contributed by atoms with Crippen LogP contribution in [0.5, 0.6) is 0 Å². The van der Waals surface area contributed by atoms with Gasteiger partial charge in [-0.15, -0.1) is 0 Å². The highest BCUT2D eigenvalue weighted by Gasteiger charge is 2.38. The van der Waals surface area contributed by atoms with E-state index in [1.54, 1.807) is 0 Å². The lowest BCUT2D eigenvalue weighted by atomic mass is 10.0. The molecule has 0 amide bonds. The fourth-order valence-corrected chi connectivity index (χ4v) is 2.85. The van der Waals surface area contributed by atoms with Crippen LogP contribution in [0.3, 0.4) is 0 Å². The maximum Gasteiger partial charge on any atom is 0.169 e. The summed E-state index contributed by atoms with van der Waals surface area (Å²) in [5.74, 6) is 0. The Morgan fingerprint density at radius 3 is 2.68 bits per heavy atom. The summed E-state index contributed by atoms with van der Waals surface area (Å²) in [5.41, 5.74) is 2.24. The minimum atomic E-state index is 0.0901. The van der Waals surface area contributed by atoms with Gasteiger partial charge in [0.25, 0.3) is 0 Å². The standard InChI is InChI=1S/C14H16N4S/c1-17-9-5-7-11(17)13-12(16-14(19)18(13)2)10-6-3-4-8-15-10/h3-9,12-13H,1-2H3,(H,16,19)/t12-,13+/m0/s1. The van der Waals surface area contributed by atoms with E-state index in [1.165, 1.54) is 5.69 Å². The van der Waals surface area contributed by atoms with E-state index in [9.17, 15) is 0 Å². The molecule has 2 aromatic rings. The van der Waals surface area contributed by atoms with E-state index in [1.807, 2.05) is 31.4 Å². The molecule has 98 valence electrons. The first-order valence-electron chi connectivity index (χ1n) is 6.24. The predicted molar refractivity (Wildman–Crippen MR) is 78.6 cm³/mol. The van der Waals surface area contributed by atoms with Gasteiger partial charge in [-0.1, -0.05) is 6.07 Å². The molecule has 0 saturated carbocycles. The number of hydrogen-bond acceptors (Lipinski definition) is 2. The molecule has 3 rings (SSSR count). The molecule has 0 aromatic carbocycles. The average Bonchev–Trinajstić information content (AvgIpc) is 2.96. The van der Waals surface area contributed by atoms with E-state index in [0.29, 0.717) is 0 Å². The Morgan fingerprint density at radius 1 is 1.21 bits per heavy atom. The van der Waals surface area contributed by atoms with E-state index in [0.717, 1.165) is 10.8 Å². The number of aromatic nitrogens is 2. The first-order chi connectivity index (χ1) is 9.18. The Kier molecular flexibility index (Phi) is 2.98. The van der Waals surface area contributed by atoms with Gasteiger partial charge in [0.05, 0.1) is 17.8 Å². The minimum Gasteiger partial charge on any atom is -0.353 e. The second-order valence-electron chi connectivity index (χ2n) is 4.78. The summed E-state index contributed by atoms with van der Waals surface area (Å²) in [6.07, 6.45) is 3.88. The Balaban J connectivity index is 2.04. The maximum absolute atomic E-state index is 5.39. The van der Waals surface area contributed by atoms with Crippen LogP contribution in [-0.2, 0) is 7.05 Å². The Bertz CT molecular complexity index is 593. The van der Waals surface area contributed by atoms with Gasteiger partial charge in [-0.2, -0.15) is 0 Å².